The van der Waals surface area contributed by atoms with Crippen molar-refractivity contribution in [3.05, 3.63) is 22.4 Å². The molecule has 0 aliphatic carbocycles. The Kier molecular flexibility index (Phi) is 5.10. The molecule has 1 aliphatic rings. The zero-order chi connectivity index (χ0) is 15.6. The number of carbonyl (C=O) groups is 1. The number of unbranched alkanes of at least 4 members (excludes halogenated alkanes) is 1. The van der Waals surface area contributed by atoms with E-state index in [1.807, 2.05) is 0 Å². The van der Waals surface area contributed by atoms with E-state index < -0.39 is 0 Å². The van der Waals surface area contributed by atoms with Crippen LogP contribution in [0.5, 0.6) is 0 Å². The van der Waals surface area contributed by atoms with Gasteiger partial charge in [-0.2, -0.15) is 11.3 Å². The molecule has 1 amide bonds. The first-order chi connectivity index (χ1) is 9.86. The van der Waals surface area contributed by atoms with Gasteiger partial charge in [0.25, 0.3) is 0 Å². The number of thiophene rings is 1. The van der Waals surface area contributed by atoms with E-state index in [1.54, 1.807) is 11.3 Å². The topological polar surface area (TPSA) is 32.3 Å². The summed E-state index contributed by atoms with van der Waals surface area (Å²) < 4.78 is 0. The first-order valence-electron chi connectivity index (χ1n) is 7.96. The second-order valence-corrected chi connectivity index (χ2v) is 7.89. The van der Waals surface area contributed by atoms with Crippen molar-refractivity contribution in [3.8, 4) is 0 Å². The summed E-state index contributed by atoms with van der Waals surface area (Å²) in [6.45, 7) is 10.9. The smallest absolute Gasteiger partial charge is 0.241 e. The van der Waals surface area contributed by atoms with Gasteiger partial charge in [-0.25, -0.2) is 0 Å². The van der Waals surface area contributed by atoms with Crippen LogP contribution >= 0.6 is 11.3 Å². The largest absolute Gasteiger partial charge is 0.318 e. The SMILES string of the molecule is CCCCC1NC(c2ccsc2)N(C(C)C(C)(C)C)C1=O. The van der Waals surface area contributed by atoms with Crippen LogP contribution in [0.1, 0.15) is 65.6 Å². The van der Waals surface area contributed by atoms with Crippen LogP contribution in [0.4, 0.5) is 0 Å². The zero-order valence-corrected chi connectivity index (χ0v) is 14.7. The van der Waals surface area contributed by atoms with Crippen molar-refractivity contribution in [1.29, 1.82) is 0 Å². The van der Waals surface area contributed by atoms with Gasteiger partial charge in [0, 0.05) is 6.04 Å². The predicted octanol–water partition coefficient (Wildman–Crippen LogP) is 4.17. The molecule has 0 aromatic carbocycles. The molecule has 21 heavy (non-hydrogen) atoms. The molecule has 1 aromatic heterocycles. The van der Waals surface area contributed by atoms with Gasteiger partial charge in [0.1, 0.15) is 6.17 Å². The van der Waals surface area contributed by atoms with E-state index in [2.05, 4.69) is 61.7 Å². The molecule has 3 unspecified atom stereocenters. The molecule has 1 saturated heterocycles. The van der Waals surface area contributed by atoms with E-state index in [4.69, 9.17) is 0 Å². The zero-order valence-electron chi connectivity index (χ0n) is 13.8. The van der Waals surface area contributed by atoms with Gasteiger partial charge in [-0.15, -0.1) is 0 Å². The highest BCUT2D eigenvalue weighted by Gasteiger charge is 2.44. The number of hydrogen-bond donors (Lipinski definition) is 1. The molecule has 0 radical (unpaired) electrons. The molecule has 1 aromatic rings. The third-order valence-electron chi connectivity index (χ3n) is 4.57. The van der Waals surface area contributed by atoms with Crippen LogP contribution in [0.25, 0.3) is 0 Å². The molecule has 118 valence electrons. The van der Waals surface area contributed by atoms with Gasteiger partial charge in [0.05, 0.1) is 6.04 Å². The third kappa shape index (κ3) is 3.49. The predicted molar refractivity (Wildman–Crippen MR) is 89.3 cm³/mol. The fourth-order valence-electron chi connectivity index (χ4n) is 2.78. The van der Waals surface area contributed by atoms with Crippen LogP contribution in [0, 0.1) is 5.41 Å². The van der Waals surface area contributed by atoms with Crippen LogP contribution < -0.4 is 5.32 Å². The Balaban J connectivity index is 2.26. The lowest BCUT2D eigenvalue weighted by Gasteiger charge is -2.38. The molecule has 0 saturated carbocycles. The molecule has 1 fully saturated rings. The van der Waals surface area contributed by atoms with E-state index in [0.717, 1.165) is 19.3 Å². The van der Waals surface area contributed by atoms with E-state index >= 15 is 0 Å². The summed E-state index contributed by atoms with van der Waals surface area (Å²) in [4.78, 5) is 14.9. The van der Waals surface area contributed by atoms with Gasteiger partial charge in [0.15, 0.2) is 0 Å². The van der Waals surface area contributed by atoms with Crippen molar-refractivity contribution >= 4 is 17.2 Å². The molecule has 3 atom stereocenters. The maximum Gasteiger partial charge on any atom is 0.241 e. The van der Waals surface area contributed by atoms with Crippen LogP contribution in [-0.2, 0) is 4.79 Å². The van der Waals surface area contributed by atoms with Gasteiger partial charge in [-0.05, 0) is 41.1 Å². The summed E-state index contributed by atoms with van der Waals surface area (Å²) in [5, 5.41) is 7.80. The summed E-state index contributed by atoms with van der Waals surface area (Å²) in [6.07, 6.45) is 3.18. The summed E-state index contributed by atoms with van der Waals surface area (Å²) in [5.41, 5.74) is 1.29. The molecule has 1 N–H and O–H groups in total. The third-order valence-corrected chi connectivity index (χ3v) is 5.27. The molecule has 0 spiro atoms. The Morgan fingerprint density at radius 1 is 1.43 bits per heavy atom. The van der Waals surface area contributed by atoms with Crippen molar-refractivity contribution in [2.24, 2.45) is 5.41 Å². The van der Waals surface area contributed by atoms with Crippen molar-refractivity contribution in [2.75, 3.05) is 0 Å². The number of nitrogens with one attached hydrogen (secondary N) is 1. The minimum Gasteiger partial charge on any atom is -0.318 e. The highest BCUT2D eigenvalue weighted by Crippen LogP contribution is 2.35. The summed E-state index contributed by atoms with van der Waals surface area (Å²) in [7, 11) is 0. The first-order valence-corrected chi connectivity index (χ1v) is 8.91. The van der Waals surface area contributed by atoms with E-state index in [9.17, 15) is 4.79 Å². The summed E-state index contributed by atoms with van der Waals surface area (Å²) >= 11 is 1.69. The Hall–Kier alpha value is -0.870. The highest BCUT2D eigenvalue weighted by atomic mass is 32.1. The average Bonchev–Trinajstić information content (AvgIpc) is 3.02. The summed E-state index contributed by atoms with van der Waals surface area (Å²) in [6, 6.07) is 2.30. The van der Waals surface area contributed by atoms with Crippen LogP contribution in [0.2, 0.25) is 0 Å². The molecular weight excluding hydrogens is 280 g/mol. The maximum absolute atomic E-state index is 12.9. The van der Waals surface area contributed by atoms with Crippen molar-refractivity contribution in [2.45, 2.75) is 72.1 Å². The molecule has 1 aliphatic heterocycles. The van der Waals surface area contributed by atoms with Gasteiger partial charge in [0.2, 0.25) is 5.91 Å². The molecule has 0 bridgehead atoms. The van der Waals surface area contributed by atoms with Crippen molar-refractivity contribution in [1.82, 2.24) is 10.2 Å². The lowest BCUT2D eigenvalue weighted by atomic mass is 9.86. The minimum atomic E-state index is -0.0281. The maximum atomic E-state index is 12.9. The Morgan fingerprint density at radius 3 is 2.67 bits per heavy atom. The van der Waals surface area contributed by atoms with Crippen molar-refractivity contribution < 1.29 is 4.79 Å². The molecule has 4 heteroatoms. The normalized spacial score (nSPS) is 24.6. The van der Waals surface area contributed by atoms with E-state index in [-0.39, 0.29) is 29.6 Å². The number of carbonyl (C=O) groups excluding carboxylic acids is 1. The van der Waals surface area contributed by atoms with Gasteiger partial charge in [-0.1, -0.05) is 40.5 Å². The second kappa shape index (κ2) is 6.49. The standard InChI is InChI=1S/C17H28N2OS/c1-6-7-8-14-16(20)19(12(2)17(3,4)5)15(18-14)13-9-10-21-11-13/h9-12,14-15,18H,6-8H2,1-5H3. The van der Waals surface area contributed by atoms with Crippen LogP contribution in [0.3, 0.4) is 0 Å². The second-order valence-electron chi connectivity index (χ2n) is 7.11. The minimum absolute atomic E-state index is 0.0276. The Labute approximate surface area is 132 Å². The Morgan fingerprint density at radius 2 is 2.14 bits per heavy atom. The van der Waals surface area contributed by atoms with Crippen LogP contribution in [-0.4, -0.2) is 22.9 Å². The fourth-order valence-corrected chi connectivity index (χ4v) is 3.46. The van der Waals surface area contributed by atoms with E-state index in [0.29, 0.717) is 0 Å². The number of nitrogens with zero attached hydrogens (tertiary/aromatic N) is 1. The van der Waals surface area contributed by atoms with Crippen molar-refractivity contribution in [3.63, 3.8) is 0 Å². The van der Waals surface area contributed by atoms with Gasteiger partial charge >= 0.3 is 0 Å². The van der Waals surface area contributed by atoms with E-state index in [1.165, 1.54) is 5.56 Å². The lowest BCUT2D eigenvalue weighted by Crippen LogP contribution is -2.45. The molecule has 2 heterocycles. The fraction of sp³-hybridized carbons (Fsp3) is 0.706. The van der Waals surface area contributed by atoms with Gasteiger partial charge in [-0.3, -0.25) is 10.1 Å². The molecular formula is C17H28N2OS. The highest BCUT2D eigenvalue weighted by molar-refractivity contribution is 7.07. The van der Waals surface area contributed by atoms with Crippen LogP contribution in [0.15, 0.2) is 16.8 Å². The number of hydrogen-bond acceptors (Lipinski definition) is 3. The molecule has 2 rings (SSSR count). The van der Waals surface area contributed by atoms with Gasteiger partial charge < -0.3 is 4.90 Å². The average molecular weight is 308 g/mol. The number of amides is 1. The molecule has 3 nitrogen and oxygen atoms in total. The number of rotatable bonds is 5. The quantitative estimate of drug-likeness (QED) is 0.885. The Bertz CT molecular complexity index is 464. The monoisotopic (exact) mass is 308 g/mol. The lowest BCUT2D eigenvalue weighted by molar-refractivity contribution is -0.134. The first kappa shape index (κ1) is 16.5. The summed E-state index contributed by atoms with van der Waals surface area (Å²) in [5.74, 6) is 0.266.